The lowest BCUT2D eigenvalue weighted by Crippen LogP contribution is -2.28. The number of hydrogen-bond acceptors (Lipinski definition) is 4. The molecule has 0 spiro atoms. The summed E-state index contributed by atoms with van der Waals surface area (Å²) in [7, 11) is 0. The first-order valence-electron chi connectivity index (χ1n) is 6.96. The van der Waals surface area contributed by atoms with Crippen molar-refractivity contribution in [2.45, 2.75) is 33.2 Å². The number of benzene rings is 1. The minimum Gasteiger partial charge on any atom is -0.484 e. The van der Waals surface area contributed by atoms with E-state index in [1.165, 1.54) is 5.56 Å². The van der Waals surface area contributed by atoms with Crippen LogP contribution in [0.15, 0.2) is 34.9 Å². The molecular formula is C16H20N2O3. The third-order valence-electron chi connectivity index (χ3n) is 3.06. The van der Waals surface area contributed by atoms with E-state index in [9.17, 15) is 4.79 Å². The van der Waals surface area contributed by atoms with Gasteiger partial charge in [0.05, 0.1) is 6.54 Å². The first kappa shape index (κ1) is 15.1. The van der Waals surface area contributed by atoms with E-state index in [4.69, 9.17) is 9.26 Å². The molecule has 5 nitrogen and oxygen atoms in total. The lowest BCUT2D eigenvalue weighted by atomic mass is 10.0. The number of nitrogens with one attached hydrogen (secondary N) is 1. The van der Waals surface area contributed by atoms with E-state index in [1.54, 1.807) is 6.07 Å². The molecule has 0 aliphatic heterocycles. The molecule has 1 aromatic heterocycles. The predicted molar refractivity (Wildman–Crippen MR) is 79.1 cm³/mol. The molecule has 0 saturated heterocycles. The van der Waals surface area contributed by atoms with Gasteiger partial charge in [0.15, 0.2) is 6.61 Å². The molecule has 1 N–H and O–H groups in total. The monoisotopic (exact) mass is 288 g/mol. The lowest BCUT2D eigenvalue weighted by molar-refractivity contribution is -0.123. The number of amides is 1. The van der Waals surface area contributed by atoms with Gasteiger partial charge in [0.2, 0.25) is 0 Å². The summed E-state index contributed by atoms with van der Waals surface area (Å²) in [6.07, 6.45) is 0. The normalized spacial score (nSPS) is 10.7. The Bertz CT molecular complexity index is 588. The van der Waals surface area contributed by atoms with Crippen molar-refractivity contribution in [3.63, 3.8) is 0 Å². The Balaban J connectivity index is 1.75. The Hall–Kier alpha value is -2.30. The Morgan fingerprint density at radius 2 is 2.05 bits per heavy atom. The first-order valence-corrected chi connectivity index (χ1v) is 6.96. The Kier molecular flexibility index (Phi) is 4.98. The van der Waals surface area contributed by atoms with Gasteiger partial charge in [0.25, 0.3) is 5.91 Å². The number of nitrogens with zero attached hydrogens (tertiary/aromatic N) is 1. The van der Waals surface area contributed by atoms with Crippen LogP contribution in [0.4, 0.5) is 0 Å². The van der Waals surface area contributed by atoms with Gasteiger partial charge in [-0.3, -0.25) is 4.79 Å². The summed E-state index contributed by atoms with van der Waals surface area (Å²) >= 11 is 0. The molecule has 21 heavy (non-hydrogen) atoms. The van der Waals surface area contributed by atoms with Crippen molar-refractivity contribution in [1.29, 1.82) is 0 Å². The molecule has 0 radical (unpaired) electrons. The van der Waals surface area contributed by atoms with Gasteiger partial charge in [-0.05, 0) is 30.5 Å². The SMILES string of the molecule is Cc1cc(CNC(=O)COc2ccc(C(C)C)cc2)no1. The summed E-state index contributed by atoms with van der Waals surface area (Å²) in [6, 6.07) is 9.56. The van der Waals surface area contributed by atoms with Crippen molar-refractivity contribution in [2.24, 2.45) is 0 Å². The number of aromatic nitrogens is 1. The fraction of sp³-hybridized carbons (Fsp3) is 0.375. The van der Waals surface area contributed by atoms with E-state index in [2.05, 4.69) is 24.3 Å². The van der Waals surface area contributed by atoms with Crippen molar-refractivity contribution < 1.29 is 14.1 Å². The number of hydrogen-bond donors (Lipinski definition) is 1. The molecule has 1 heterocycles. The molecule has 0 saturated carbocycles. The summed E-state index contributed by atoms with van der Waals surface area (Å²) < 4.78 is 10.4. The Morgan fingerprint density at radius 3 is 2.62 bits per heavy atom. The average molecular weight is 288 g/mol. The van der Waals surface area contributed by atoms with Crippen LogP contribution >= 0.6 is 0 Å². The minimum atomic E-state index is -0.191. The zero-order valence-corrected chi connectivity index (χ0v) is 12.6. The largest absolute Gasteiger partial charge is 0.484 e. The van der Waals surface area contributed by atoms with Crippen LogP contribution in [-0.2, 0) is 11.3 Å². The molecule has 0 aliphatic carbocycles. The van der Waals surface area contributed by atoms with Gasteiger partial charge < -0.3 is 14.6 Å². The molecule has 0 bridgehead atoms. The van der Waals surface area contributed by atoms with Gasteiger partial charge >= 0.3 is 0 Å². The van der Waals surface area contributed by atoms with Gasteiger partial charge in [0.1, 0.15) is 17.2 Å². The van der Waals surface area contributed by atoms with Crippen LogP contribution in [0.5, 0.6) is 5.75 Å². The molecule has 0 aliphatic rings. The van der Waals surface area contributed by atoms with Crippen molar-refractivity contribution in [1.82, 2.24) is 10.5 Å². The van der Waals surface area contributed by atoms with Gasteiger partial charge in [-0.1, -0.05) is 31.1 Å². The Morgan fingerprint density at radius 1 is 1.33 bits per heavy atom. The van der Waals surface area contributed by atoms with Crippen molar-refractivity contribution in [3.8, 4) is 5.75 Å². The molecule has 0 atom stereocenters. The van der Waals surface area contributed by atoms with E-state index in [0.29, 0.717) is 23.9 Å². The average Bonchev–Trinajstić information content (AvgIpc) is 2.89. The molecule has 0 fully saturated rings. The summed E-state index contributed by atoms with van der Waals surface area (Å²) in [4.78, 5) is 11.7. The highest BCUT2D eigenvalue weighted by atomic mass is 16.5. The van der Waals surface area contributed by atoms with Crippen LogP contribution in [0, 0.1) is 6.92 Å². The molecule has 2 aromatic rings. The van der Waals surface area contributed by atoms with E-state index < -0.39 is 0 Å². The Labute approximate surface area is 124 Å². The molecule has 112 valence electrons. The zero-order valence-electron chi connectivity index (χ0n) is 12.6. The highest BCUT2D eigenvalue weighted by Gasteiger charge is 2.06. The van der Waals surface area contributed by atoms with Crippen LogP contribution < -0.4 is 10.1 Å². The van der Waals surface area contributed by atoms with Crippen LogP contribution in [-0.4, -0.2) is 17.7 Å². The van der Waals surface area contributed by atoms with Crippen LogP contribution in [0.2, 0.25) is 0 Å². The predicted octanol–water partition coefficient (Wildman–Crippen LogP) is 2.80. The summed E-state index contributed by atoms with van der Waals surface area (Å²) in [5.41, 5.74) is 1.94. The number of carbonyl (C=O) groups excluding carboxylic acids is 1. The maximum atomic E-state index is 11.7. The number of aryl methyl sites for hydroxylation is 1. The van der Waals surface area contributed by atoms with Gasteiger partial charge in [-0.25, -0.2) is 0 Å². The number of carbonyl (C=O) groups is 1. The summed E-state index contributed by atoms with van der Waals surface area (Å²) in [6.45, 7) is 6.40. The van der Waals surface area contributed by atoms with Gasteiger partial charge in [0, 0.05) is 6.07 Å². The molecule has 1 aromatic carbocycles. The fourth-order valence-corrected chi connectivity index (χ4v) is 1.84. The first-order chi connectivity index (χ1) is 10.0. The van der Waals surface area contributed by atoms with Crippen LogP contribution in [0.3, 0.4) is 0 Å². The maximum Gasteiger partial charge on any atom is 0.258 e. The van der Waals surface area contributed by atoms with Crippen LogP contribution in [0.25, 0.3) is 0 Å². The second-order valence-electron chi connectivity index (χ2n) is 5.22. The van der Waals surface area contributed by atoms with Crippen molar-refractivity contribution in [3.05, 3.63) is 47.3 Å². The minimum absolute atomic E-state index is 0.0160. The van der Waals surface area contributed by atoms with Gasteiger partial charge in [-0.2, -0.15) is 0 Å². The number of ether oxygens (including phenoxy) is 1. The number of rotatable bonds is 6. The second kappa shape index (κ2) is 6.92. The molecular weight excluding hydrogens is 268 g/mol. The van der Waals surface area contributed by atoms with Crippen LogP contribution in [0.1, 0.15) is 36.8 Å². The highest BCUT2D eigenvalue weighted by molar-refractivity contribution is 5.77. The second-order valence-corrected chi connectivity index (χ2v) is 5.22. The van der Waals surface area contributed by atoms with E-state index in [1.807, 2.05) is 31.2 Å². The fourth-order valence-electron chi connectivity index (χ4n) is 1.84. The van der Waals surface area contributed by atoms with E-state index in [0.717, 1.165) is 5.76 Å². The quantitative estimate of drug-likeness (QED) is 0.887. The highest BCUT2D eigenvalue weighted by Crippen LogP contribution is 2.18. The topological polar surface area (TPSA) is 64.4 Å². The molecule has 2 rings (SSSR count). The molecule has 0 unspecified atom stereocenters. The van der Waals surface area contributed by atoms with E-state index >= 15 is 0 Å². The third-order valence-corrected chi connectivity index (χ3v) is 3.06. The smallest absolute Gasteiger partial charge is 0.258 e. The van der Waals surface area contributed by atoms with Gasteiger partial charge in [-0.15, -0.1) is 0 Å². The zero-order chi connectivity index (χ0) is 15.2. The van der Waals surface area contributed by atoms with E-state index in [-0.39, 0.29) is 12.5 Å². The standard InChI is InChI=1S/C16H20N2O3/c1-11(2)13-4-6-15(7-5-13)20-10-16(19)17-9-14-8-12(3)21-18-14/h4-8,11H,9-10H2,1-3H3,(H,17,19). The molecule has 1 amide bonds. The third kappa shape index (κ3) is 4.63. The summed E-state index contributed by atoms with van der Waals surface area (Å²) in [5.74, 6) is 1.70. The molecule has 5 heteroatoms. The summed E-state index contributed by atoms with van der Waals surface area (Å²) in [5, 5.41) is 6.53. The van der Waals surface area contributed by atoms with Crippen molar-refractivity contribution >= 4 is 5.91 Å². The maximum absolute atomic E-state index is 11.7. The lowest BCUT2D eigenvalue weighted by Gasteiger charge is -2.09. The van der Waals surface area contributed by atoms with Crippen molar-refractivity contribution in [2.75, 3.05) is 6.61 Å².